The number of amides is 3. The van der Waals surface area contributed by atoms with Crippen LogP contribution in [0.3, 0.4) is 0 Å². The second-order valence-corrected chi connectivity index (χ2v) is 10.4. The molecule has 4 aromatic heterocycles. The van der Waals surface area contributed by atoms with E-state index >= 15 is 0 Å². The van der Waals surface area contributed by atoms with Crippen molar-refractivity contribution < 1.29 is 14.4 Å². The average molecular weight is 587 g/mol. The molecule has 13 heteroatoms. The Balaban J connectivity index is 1.33. The average Bonchev–Trinajstić information content (AvgIpc) is 2.97. The lowest BCUT2D eigenvalue weighted by atomic mass is 10.1. The fraction of sp³-hybridized carbons (Fsp3) is 0.367. The summed E-state index contributed by atoms with van der Waals surface area (Å²) in [6.45, 7) is 4.06. The van der Waals surface area contributed by atoms with E-state index in [0.717, 1.165) is 22.2 Å². The van der Waals surface area contributed by atoms with Crippen molar-refractivity contribution in [3.05, 3.63) is 59.9 Å². The van der Waals surface area contributed by atoms with Gasteiger partial charge in [0.25, 0.3) is 0 Å². The second-order valence-electron chi connectivity index (χ2n) is 10.4. The van der Waals surface area contributed by atoms with E-state index in [1.807, 2.05) is 50.2 Å². The van der Waals surface area contributed by atoms with Gasteiger partial charge in [0.15, 0.2) is 11.3 Å². The number of carbonyl (C=O) groups is 3. The number of nitrogens with one attached hydrogen (secondary N) is 2. The van der Waals surface area contributed by atoms with Gasteiger partial charge in [-0.2, -0.15) is 0 Å². The van der Waals surface area contributed by atoms with Gasteiger partial charge in [0.2, 0.25) is 17.7 Å². The molecule has 0 aliphatic rings. The standard InChI is InChI=1S/C30H38N10O3/c1-18-5-7-20-9-13-24(38-29(20)34-18)36-26(41)15-11-22(32)40(28(43)4-3-17-31)23(33)12-16-27(42)37-25-14-10-21-8-6-19(2)35-30(21)39-25/h5-10,13-14,22-23H,3-4,11-12,15-17,31-33H2,1-2H3,(H,34,36,38,41)(H,35,37,39,42). The first-order valence-electron chi connectivity index (χ1n) is 14.2. The molecule has 2 atom stereocenters. The molecule has 4 rings (SSSR count). The number of pyridine rings is 4. The van der Waals surface area contributed by atoms with Gasteiger partial charge in [-0.1, -0.05) is 0 Å². The summed E-state index contributed by atoms with van der Waals surface area (Å²) in [5.74, 6) is -0.180. The minimum absolute atomic E-state index is 0.0249. The fourth-order valence-electron chi connectivity index (χ4n) is 4.57. The van der Waals surface area contributed by atoms with E-state index in [9.17, 15) is 14.4 Å². The van der Waals surface area contributed by atoms with Crippen molar-refractivity contribution in [3.8, 4) is 0 Å². The van der Waals surface area contributed by atoms with Gasteiger partial charge < -0.3 is 32.7 Å². The summed E-state index contributed by atoms with van der Waals surface area (Å²) in [7, 11) is 0. The first-order chi connectivity index (χ1) is 20.6. The molecule has 0 saturated carbocycles. The largest absolute Gasteiger partial charge is 0.330 e. The summed E-state index contributed by atoms with van der Waals surface area (Å²) in [6, 6.07) is 14.7. The molecule has 2 unspecified atom stereocenters. The number of aromatic nitrogens is 4. The minimum atomic E-state index is -0.848. The Kier molecular flexibility index (Phi) is 10.6. The van der Waals surface area contributed by atoms with Crippen LogP contribution in [0, 0.1) is 13.8 Å². The zero-order valence-corrected chi connectivity index (χ0v) is 24.4. The van der Waals surface area contributed by atoms with Crippen LogP contribution in [0.1, 0.15) is 49.9 Å². The maximum atomic E-state index is 13.0. The monoisotopic (exact) mass is 586 g/mol. The van der Waals surface area contributed by atoms with Crippen LogP contribution in [-0.4, -0.2) is 61.4 Å². The summed E-state index contributed by atoms with van der Waals surface area (Å²) in [6.07, 6.45) is -0.737. The number of nitrogens with two attached hydrogens (primary N) is 3. The highest BCUT2D eigenvalue weighted by atomic mass is 16.2. The number of fused-ring (bicyclic) bond motifs is 2. The van der Waals surface area contributed by atoms with Crippen LogP contribution in [-0.2, 0) is 14.4 Å². The number of carbonyl (C=O) groups excluding carboxylic acids is 3. The van der Waals surface area contributed by atoms with Gasteiger partial charge >= 0.3 is 0 Å². The van der Waals surface area contributed by atoms with E-state index in [2.05, 4.69) is 30.6 Å². The van der Waals surface area contributed by atoms with Crippen LogP contribution in [0.2, 0.25) is 0 Å². The number of hydrogen-bond acceptors (Lipinski definition) is 10. The van der Waals surface area contributed by atoms with Crippen molar-refractivity contribution >= 4 is 51.4 Å². The molecule has 0 aromatic carbocycles. The van der Waals surface area contributed by atoms with E-state index in [-0.39, 0.29) is 49.8 Å². The van der Waals surface area contributed by atoms with Crippen molar-refractivity contribution in [2.75, 3.05) is 17.2 Å². The maximum Gasteiger partial charge on any atom is 0.225 e. The van der Waals surface area contributed by atoms with Crippen molar-refractivity contribution in [2.24, 2.45) is 17.2 Å². The first kappa shape index (κ1) is 31.3. The van der Waals surface area contributed by atoms with Gasteiger partial charge in [-0.3, -0.25) is 14.4 Å². The zero-order valence-electron chi connectivity index (χ0n) is 24.4. The van der Waals surface area contributed by atoms with E-state index in [1.54, 1.807) is 12.1 Å². The quantitative estimate of drug-likeness (QED) is 0.145. The van der Waals surface area contributed by atoms with Gasteiger partial charge in [0, 0.05) is 41.4 Å². The molecule has 0 saturated heterocycles. The first-order valence-corrected chi connectivity index (χ1v) is 14.2. The van der Waals surface area contributed by atoms with E-state index < -0.39 is 12.3 Å². The van der Waals surface area contributed by atoms with Crippen LogP contribution < -0.4 is 27.8 Å². The third-order valence-corrected chi connectivity index (χ3v) is 6.85. The highest BCUT2D eigenvalue weighted by molar-refractivity contribution is 5.92. The van der Waals surface area contributed by atoms with Crippen molar-refractivity contribution in [2.45, 2.75) is 64.7 Å². The molecule has 43 heavy (non-hydrogen) atoms. The third kappa shape index (κ3) is 8.70. The summed E-state index contributed by atoms with van der Waals surface area (Å²) in [5.41, 5.74) is 21.1. The number of anilines is 2. The lowest BCUT2D eigenvalue weighted by Crippen LogP contribution is -2.55. The Bertz CT molecular complexity index is 1500. The Hall–Kier alpha value is -4.59. The molecule has 0 fully saturated rings. The van der Waals surface area contributed by atoms with E-state index in [0.29, 0.717) is 35.9 Å². The zero-order chi connectivity index (χ0) is 30.9. The fourth-order valence-corrected chi connectivity index (χ4v) is 4.57. The van der Waals surface area contributed by atoms with Crippen LogP contribution >= 0.6 is 0 Å². The lowest BCUT2D eigenvalue weighted by Gasteiger charge is -2.34. The molecule has 0 spiro atoms. The SMILES string of the molecule is Cc1ccc2ccc(NC(=O)CCC(N)N(C(=O)CCCN)C(N)CCC(=O)Nc3ccc4ccc(C)nc4n3)nc2n1. The predicted molar refractivity (Wildman–Crippen MR) is 165 cm³/mol. The van der Waals surface area contributed by atoms with E-state index in [1.165, 1.54) is 4.90 Å². The van der Waals surface area contributed by atoms with Crippen LogP contribution in [0.4, 0.5) is 11.6 Å². The molecule has 8 N–H and O–H groups in total. The molecule has 13 nitrogen and oxygen atoms in total. The number of hydrogen-bond donors (Lipinski definition) is 5. The molecule has 4 aromatic rings. The van der Waals surface area contributed by atoms with Gasteiger partial charge in [-0.05, 0) is 88.2 Å². The van der Waals surface area contributed by atoms with Gasteiger partial charge in [0.05, 0.1) is 12.3 Å². The molecule has 0 aliphatic carbocycles. The summed E-state index contributed by atoms with van der Waals surface area (Å²) >= 11 is 0. The summed E-state index contributed by atoms with van der Waals surface area (Å²) in [5, 5.41) is 7.24. The van der Waals surface area contributed by atoms with Gasteiger partial charge in [-0.15, -0.1) is 0 Å². The Morgan fingerprint density at radius 3 is 1.58 bits per heavy atom. The summed E-state index contributed by atoms with van der Waals surface area (Å²) in [4.78, 5) is 57.4. The molecular weight excluding hydrogens is 548 g/mol. The Morgan fingerprint density at radius 2 is 1.14 bits per heavy atom. The number of nitrogens with zero attached hydrogens (tertiary/aromatic N) is 5. The van der Waals surface area contributed by atoms with Crippen molar-refractivity contribution in [1.82, 2.24) is 24.8 Å². The maximum absolute atomic E-state index is 13.0. The van der Waals surface area contributed by atoms with Crippen molar-refractivity contribution in [1.29, 1.82) is 0 Å². The highest BCUT2D eigenvalue weighted by Gasteiger charge is 2.27. The number of rotatable bonds is 13. The molecule has 4 heterocycles. The molecule has 0 bridgehead atoms. The summed E-state index contributed by atoms with van der Waals surface area (Å²) < 4.78 is 0. The second kappa shape index (κ2) is 14.5. The smallest absolute Gasteiger partial charge is 0.225 e. The molecule has 0 radical (unpaired) electrons. The third-order valence-electron chi connectivity index (χ3n) is 6.85. The van der Waals surface area contributed by atoms with Crippen LogP contribution in [0.5, 0.6) is 0 Å². The van der Waals surface area contributed by atoms with Gasteiger partial charge in [-0.25, -0.2) is 19.9 Å². The number of aryl methyl sites for hydroxylation is 2. The van der Waals surface area contributed by atoms with Crippen LogP contribution in [0.15, 0.2) is 48.5 Å². The molecular formula is C30H38N10O3. The molecule has 226 valence electrons. The Labute approximate surface area is 249 Å². The van der Waals surface area contributed by atoms with E-state index in [4.69, 9.17) is 17.2 Å². The highest BCUT2D eigenvalue weighted by Crippen LogP contribution is 2.17. The Morgan fingerprint density at radius 1 is 0.698 bits per heavy atom. The predicted octanol–water partition coefficient (Wildman–Crippen LogP) is 2.46. The minimum Gasteiger partial charge on any atom is -0.330 e. The molecule has 3 amide bonds. The van der Waals surface area contributed by atoms with Gasteiger partial charge in [0.1, 0.15) is 11.6 Å². The lowest BCUT2D eigenvalue weighted by molar-refractivity contribution is -0.137. The molecule has 0 aliphatic heterocycles. The van der Waals surface area contributed by atoms with Crippen molar-refractivity contribution in [3.63, 3.8) is 0 Å². The topological polar surface area (TPSA) is 208 Å². The normalized spacial score (nSPS) is 12.6. The van der Waals surface area contributed by atoms with Crippen LogP contribution in [0.25, 0.3) is 22.1 Å².